The van der Waals surface area contributed by atoms with Gasteiger partial charge < -0.3 is 15.0 Å². The number of ether oxygens (including phenoxy) is 1. The van der Waals surface area contributed by atoms with Crippen LogP contribution in [-0.4, -0.2) is 52.9 Å². The molecule has 1 fully saturated rings. The highest BCUT2D eigenvalue weighted by molar-refractivity contribution is 5.81. The molecule has 1 aliphatic rings. The van der Waals surface area contributed by atoms with Gasteiger partial charge in [-0.05, 0) is 6.92 Å². The average molecular weight is 238 g/mol. The number of rotatable bonds is 3. The van der Waals surface area contributed by atoms with Gasteiger partial charge in [-0.2, -0.15) is 5.10 Å². The van der Waals surface area contributed by atoms with Crippen molar-refractivity contribution < 1.29 is 9.53 Å². The van der Waals surface area contributed by atoms with E-state index in [9.17, 15) is 4.79 Å². The summed E-state index contributed by atoms with van der Waals surface area (Å²) < 4.78 is 7.21. The lowest BCUT2D eigenvalue weighted by Gasteiger charge is -2.29. The van der Waals surface area contributed by atoms with Crippen LogP contribution in [0.2, 0.25) is 0 Å². The van der Waals surface area contributed by atoms with E-state index in [4.69, 9.17) is 4.74 Å². The summed E-state index contributed by atoms with van der Waals surface area (Å²) in [6.07, 6.45) is 2.90. The number of hydrogen-bond donors (Lipinski definition) is 1. The standard InChI is InChI=1S/C11H18N4O2/c1-9(17-10-7-13-14(2)8-10)11(16)15-5-3-12-4-6-15/h7-9,12H,3-6H2,1-2H3. The molecule has 0 radical (unpaired) electrons. The molecule has 0 saturated carbocycles. The first-order chi connectivity index (χ1) is 8.16. The zero-order valence-electron chi connectivity index (χ0n) is 10.2. The second-order valence-electron chi connectivity index (χ2n) is 4.19. The quantitative estimate of drug-likeness (QED) is 0.780. The van der Waals surface area contributed by atoms with Gasteiger partial charge >= 0.3 is 0 Å². The van der Waals surface area contributed by atoms with Crippen LogP contribution in [0.15, 0.2) is 12.4 Å². The summed E-state index contributed by atoms with van der Waals surface area (Å²) in [4.78, 5) is 13.9. The molecule has 6 nitrogen and oxygen atoms in total. The van der Waals surface area contributed by atoms with Gasteiger partial charge in [0.1, 0.15) is 0 Å². The second kappa shape index (κ2) is 5.18. The fourth-order valence-electron chi connectivity index (χ4n) is 1.86. The first-order valence-corrected chi connectivity index (χ1v) is 5.81. The molecule has 2 rings (SSSR count). The smallest absolute Gasteiger partial charge is 0.263 e. The Kier molecular flexibility index (Phi) is 3.63. The maximum atomic E-state index is 12.1. The minimum absolute atomic E-state index is 0.0374. The second-order valence-corrected chi connectivity index (χ2v) is 4.19. The number of carbonyl (C=O) groups is 1. The van der Waals surface area contributed by atoms with E-state index >= 15 is 0 Å². The van der Waals surface area contributed by atoms with Crippen molar-refractivity contribution in [2.24, 2.45) is 7.05 Å². The van der Waals surface area contributed by atoms with Gasteiger partial charge in [-0.3, -0.25) is 9.48 Å². The van der Waals surface area contributed by atoms with Gasteiger partial charge in [0, 0.05) is 33.2 Å². The Hall–Kier alpha value is -1.56. The van der Waals surface area contributed by atoms with Gasteiger partial charge in [0.15, 0.2) is 11.9 Å². The highest BCUT2D eigenvalue weighted by Gasteiger charge is 2.23. The Morgan fingerprint density at radius 1 is 1.53 bits per heavy atom. The van der Waals surface area contributed by atoms with Crippen molar-refractivity contribution in [2.45, 2.75) is 13.0 Å². The molecule has 2 heterocycles. The minimum atomic E-state index is -0.461. The van der Waals surface area contributed by atoms with Crippen molar-refractivity contribution >= 4 is 5.91 Å². The molecular formula is C11H18N4O2. The van der Waals surface area contributed by atoms with Gasteiger partial charge in [-0.25, -0.2) is 0 Å². The molecule has 1 aromatic heterocycles. The SMILES string of the molecule is CC(Oc1cnn(C)c1)C(=O)N1CCNCC1. The number of amides is 1. The van der Waals surface area contributed by atoms with Crippen LogP contribution < -0.4 is 10.1 Å². The van der Waals surface area contributed by atoms with Gasteiger partial charge in [0.2, 0.25) is 0 Å². The van der Waals surface area contributed by atoms with Crippen LogP contribution in [0.3, 0.4) is 0 Å². The highest BCUT2D eigenvalue weighted by atomic mass is 16.5. The van der Waals surface area contributed by atoms with Crippen molar-refractivity contribution in [3.05, 3.63) is 12.4 Å². The van der Waals surface area contributed by atoms with Crippen molar-refractivity contribution in [1.29, 1.82) is 0 Å². The largest absolute Gasteiger partial charge is 0.478 e. The molecule has 1 saturated heterocycles. The van der Waals surface area contributed by atoms with Crippen LogP contribution in [0.25, 0.3) is 0 Å². The normalized spacial score (nSPS) is 17.9. The Morgan fingerprint density at radius 2 is 2.24 bits per heavy atom. The van der Waals surface area contributed by atoms with E-state index in [-0.39, 0.29) is 5.91 Å². The van der Waals surface area contributed by atoms with Crippen LogP contribution in [-0.2, 0) is 11.8 Å². The molecular weight excluding hydrogens is 220 g/mol. The molecule has 1 unspecified atom stereocenters. The number of nitrogens with one attached hydrogen (secondary N) is 1. The maximum Gasteiger partial charge on any atom is 0.263 e. The highest BCUT2D eigenvalue weighted by Crippen LogP contribution is 2.11. The van der Waals surface area contributed by atoms with E-state index in [1.165, 1.54) is 0 Å². The molecule has 6 heteroatoms. The topological polar surface area (TPSA) is 59.4 Å². The first-order valence-electron chi connectivity index (χ1n) is 5.81. The summed E-state index contributed by atoms with van der Waals surface area (Å²) in [6, 6.07) is 0. The minimum Gasteiger partial charge on any atom is -0.478 e. The van der Waals surface area contributed by atoms with E-state index in [1.54, 1.807) is 24.0 Å². The fourth-order valence-corrected chi connectivity index (χ4v) is 1.86. The summed E-state index contributed by atoms with van der Waals surface area (Å²) >= 11 is 0. The Morgan fingerprint density at radius 3 is 2.82 bits per heavy atom. The van der Waals surface area contributed by atoms with Crippen LogP contribution in [0, 0.1) is 0 Å². The van der Waals surface area contributed by atoms with E-state index in [1.807, 2.05) is 11.9 Å². The number of hydrogen-bond acceptors (Lipinski definition) is 4. The lowest BCUT2D eigenvalue weighted by molar-refractivity contribution is -0.138. The fraction of sp³-hybridized carbons (Fsp3) is 0.636. The molecule has 1 aromatic rings. The zero-order valence-corrected chi connectivity index (χ0v) is 10.2. The van der Waals surface area contributed by atoms with Crippen LogP contribution in [0.4, 0.5) is 0 Å². The molecule has 0 spiro atoms. The van der Waals surface area contributed by atoms with Gasteiger partial charge in [0.25, 0.3) is 5.91 Å². The number of aryl methyl sites for hydroxylation is 1. The molecule has 0 bridgehead atoms. The Balaban J connectivity index is 1.90. The number of aromatic nitrogens is 2. The third kappa shape index (κ3) is 2.97. The van der Waals surface area contributed by atoms with Crippen molar-refractivity contribution in [1.82, 2.24) is 20.0 Å². The predicted octanol–water partition coefficient (Wildman–Crippen LogP) is -0.381. The van der Waals surface area contributed by atoms with E-state index in [0.717, 1.165) is 26.2 Å². The average Bonchev–Trinajstić information content (AvgIpc) is 2.75. The predicted molar refractivity (Wildman–Crippen MR) is 62.7 cm³/mol. The summed E-state index contributed by atoms with van der Waals surface area (Å²) in [5.41, 5.74) is 0. The number of carbonyl (C=O) groups excluding carboxylic acids is 1. The van der Waals surface area contributed by atoms with Gasteiger partial charge in [0.05, 0.1) is 12.4 Å². The number of nitrogens with zero attached hydrogens (tertiary/aromatic N) is 3. The number of piperazine rings is 1. The summed E-state index contributed by atoms with van der Waals surface area (Å²) in [5, 5.41) is 7.21. The molecule has 1 N–H and O–H groups in total. The Bertz CT molecular complexity index is 385. The molecule has 1 atom stereocenters. The zero-order chi connectivity index (χ0) is 12.3. The van der Waals surface area contributed by atoms with Crippen molar-refractivity contribution in [2.75, 3.05) is 26.2 Å². The van der Waals surface area contributed by atoms with Crippen molar-refractivity contribution in [3.63, 3.8) is 0 Å². The molecule has 0 aliphatic carbocycles. The third-order valence-electron chi connectivity index (χ3n) is 2.77. The molecule has 1 amide bonds. The molecule has 0 aromatic carbocycles. The van der Waals surface area contributed by atoms with Crippen molar-refractivity contribution in [3.8, 4) is 5.75 Å². The maximum absolute atomic E-state index is 12.1. The first kappa shape index (κ1) is 11.9. The lowest BCUT2D eigenvalue weighted by atomic mass is 10.3. The van der Waals surface area contributed by atoms with Crippen LogP contribution in [0.5, 0.6) is 5.75 Å². The summed E-state index contributed by atoms with van der Waals surface area (Å²) in [6.45, 7) is 4.98. The van der Waals surface area contributed by atoms with Gasteiger partial charge in [-0.15, -0.1) is 0 Å². The van der Waals surface area contributed by atoms with Crippen LogP contribution in [0.1, 0.15) is 6.92 Å². The van der Waals surface area contributed by atoms with E-state index < -0.39 is 6.10 Å². The summed E-state index contributed by atoms with van der Waals surface area (Å²) in [7, 11) is 1.82. The van der Waals surface area contributed by atoms with E-state index in [0.29, 0.717) is 5.75 Å². The molecule has 1 aliphatic heterocycles. The van der Waals surface area contributed by atoms with Gasteiger partial charge in [-0.1, -0.05) is 0 Å². The third-order valence-corrected chi connectivity index (χ3v) is 2.77. The van der Waals surface area contributed by atoms with Crippen LogP contribution >= 0.6 is 0 Å². The van der Waals surface area contributed by atoms with E-state index in [2.05, 4.69) is 10.4 Å². The summed E-state index contributed by atoms with van der Waals surface area (Å²) in [5.74, 6) is 0.666. The lowest BCUT2D eigenvalue weighted by Crippen LogP contribution is -2.50. The monoisotopic (exact) mass is 238 g/mol. The molecule has 17 heavy (non-hydrogen) atoms. The Labute approximate surface area is 101 Å². The molecule has 94 valence electrons.